The second-order valence-electron chi connectivity index (χ2n) is 7.26. The number of aryl methyl sites for hydroxylation is 1. The third kappa shape index (κ3) is 6.81. The van der Waals surface area contributed by atoms with Crippen LogP contribution in [0.5, 0.6) is 0 Å². The van der Waals surface area contributed by atoms with Crippen molar-refractivity contribution < 1.29 is 21.6 Å². The van der Waals surface area contributed by atoms with Gasteiger partial charge in [-0.3, -0.25) is 9.52 Å². The van der Waals surface area contributed by atoms with Crippen molar-refractivity contribution >= 4 is 49.1 Å². The van der Waals surface area contributed by atoms with Gasteiger partial charge in [-0.1, -0.05) is 17.7 Å². The molecule has 0 saturated heterocycles. The van der Waals surface area contributed by atoms with Gasteiger partial charge < -0.3 is 5.32 Å². The number of thioether (sulfide) groups is 1. The Hall–Kier alpha value is -2.86. The molecular weight excluding hydrogens is 482 g/mol. The van der Waals surface area contributed by atoms with Crippen LogP contribution in [-0.4, -0.2) is 28.0 Å². The van der Waals surface area contributed by atoms with E-state index in [1.807, 2.05) is 6.92 Å². The average Bonchev–Trinajstić information content (AvgIpc) is 2.75. The van der Waals surface area contributed by atoms with E-state index in [2.05, 4.69) is 10.0 Å². The van der Waals surface area contributed by atoms with Crippen LogP contribution in [0.25, 0.3) is 0 Å². The lowest BCUT2D eigenvalue weighted by Gasteiger charge is -2.13. The quantitative estimate of drug-likeness (QED) is 0.401. The van der Waals surface area contributed by atoms with Crippen molar-refractivity contribution in [2.45, 2.75) is 33.8 Å². The Labute approximate surface area is 197 Å². The molecule has 1 atom stereocenters. The van der Waals surface area contributed by atoms with E-state index in [0.717, 1.165) is 10.5 Å². The minimum absolute atomic E-state index is 0.0407. The fraction of sp³-hybridized carbons (Fsp3) is 0.136. The Morgan fingerprint density at radius 3 is 1.88 bits per heavy atom. The van der Waals surface area contributed by atoms with Crippen molar-refractivity contribution in [2.75, 3.05) is 10.0 Å². The first-order valence-electron chi connectivity index (χ1n) is 9.74. The molecule has 0 aliphatic rings. The normalized spacial score (nSPS) is 12.7. The van der Waals surface area contributed by atoms with Gasteiger partial charge in [0.2, 0.25) is 15.9 Å². The number of carbonyl (C=O) groups is 1. The van der Waals surface area contributed by atoms with Gasteiger partial charge in [-0.15, -0.1) is 11.8 Å². The summed E-state index contributed by atoms with van der Waals surface area (Å²) >= 11 is 1.30. The van der Waals surface area contributed by atoms with Crippen LogP contribution in [0.4, 0.5) is 11.4 Å². The summed E-state index contributed by atoms with van der Waals surface area (Å²) in [5.41, 5.74) is 1.82. The van der Waals surface area contributed by atoms with Gasteiger partial charge >= 0.3 is 0 Å². The largest absolute Gasteiger partial charge is 0.325 e. The Bertz CT molecular complexity index is 1340. The fourth-order valence-corrected chi connectivity index (χ4v) is 5.20. The predicted octanol–water partition coefficient (Wildman–Crippen LogP) is 3.56. The van der Waals surface area contributed by atoms with Crippen molar-refractivity contribution in [3.8, 4) is 0 Å². The number of nitrogens with two attached hydrogens (primary N) is 1. The molecule has 0 aromatic heterocycles. The zero-order valence-electron chi connectivity index (χ0n) is 17.8. The molecule has 0 saturated carbocycles. The molecule has 3 rings (SSSR count). The van der Waals surface area contributed by atoms with E-state index in [4.69, 9.17) is 5.14 Å². The molecule has 0 fully saturated rings. The molecule has 0 radical (unpaired) electrons. The number of primary sulfonamides is 1. The lowest BCUT2D eigenvalue weighted by atomic mass is 10.2. The van der Waals surface area contributed by atoms with Crippen LogP contribution in [0.1, 0.15) is 12.5 Å². The fourth-order valence-electron chi connectivity index (χ4n) is 2.76. The maximum absolute atomic E-state index is 12.5. The van der Waals surface area contributed by atoms with E-state index in [1.54, 1.807) is 55.5 Å². The second-order valence-corrected chi connectivity index (χ2v) is 11.9. The van der Waals surface area contributed by atoms with Gasteiger partial charge in [0.05, 0.1) is 15.0 Å². The molecule has 0 heterocycles. The van der Waals surface area contributed by atoms with Crippen LogP contribution in [-0.2, 0) is 24.8 Å². The van der Waals surface area contributed by atoms with Crippen LogP contribution in [0.2, 0.25) is 0 Å². The van der Waals surface area contributed by atoms with Gasteiger partial charge in [-0.25, -0.2) is 22.0 Å². The highest BCUT2D eigenvalue weighted by atomic mass is 32.2. The molecule has 1 unspecified atom stereocenters. The lowest BCUT2D eigenvalue weighted by Crippen LogP contribution is -2.22. The zero-order chi connectivity index (χ0) is 24.2. The highest BCUT2D eigenvalue weighted by Gasteiger charge is 2.17. The first-order chi connectivity index (χ1) is 15.4. The van der Waals surface area contributed by atoms with Crippen molar-refractivity contribution in [3.63, 3.8) is 0 Å². The van der Waals surface area contributed by atoms with Gasteiger partial charge in [0.25, 0.3) is 10.0 Å². The molecule has 4 N–H and O–H groups in total. The van der Waals surface area contributed by atoms with Gasteiger partial charge in [0, 0.05) is 16.3 Å². The molecule has 1 amide bonds. The number of hydrogen-bond acceptors (Lipinski definition) is 6. The van der Waals surface area contributed by atoms with E-state index >= 15 is 0 Å². The summed E-state index contributed by atoms with van der Waals surface area (Å²) in [5, 5.41) is 7.32. The number of benzene rings is 3. The van der Waals surface area contributed by atoms with Crippen molar-refractivity contribution in [1.82, 2.24) is 0 Å². The van der Waals surface area contributed by atoms with Gasteiger partial charge in [0.15, 0.2) is 0 Å². The number of rotatable bonds is 8. The number of hydrogen-bond donors (Lipinski definition) is 3. The topological polar surface area (TPSA) is 135 Å². The van der Waals surface area contributed by atoms with Crippen molar-refractivity contribution in [1.29, 1.82) is 0 Å². The van der Waals surface area contributed by atoms with E-state index in [9.17, 15) is 21.6 Å². The van der Waals surface area contributed by atoms with E-state index in [0.29, 0.717) is 11.4 Å². The Morgan fingerprint density at radius 2 is 1.33 bits per heavy atom. The van der Waals surface area contributed by atoms with Crippen LogP contribution in [0.15, 0.2) is 87.5 Å². The summed E-state index contributed by atoms with van der Waals surface area (Å²) in [6.07, 6.45) is 0. The minimum Gasteiger partial charge on any atom is -0.325 e. The minimum atomic E-state index is -3.80. The van der Waals surface area contributed by atoms with Gasteiger partial charge in [-0.2, -0.15) is 0 Å². The van der Waals surface area contributed by atoms with Crippen LogP contribution in [0.3, 0.4) is 0 Å². The summed E-state index contributed by atoms with van der Waals surface area (Å²) in [5.74, 6) is -0.271. The number of anilines is 2. The molecule has 174 valence electrons. The average molecular weight is 506 g/mol. The summed E-state index contributed by atoms with van der Waals surface area (Å²) < 4.78 is 50.2. The van der Waals surface area contributed by atoms with Crippen LogP contribution >= 0.6 is 11.8 Å². The number of sulfonamides is 2. The first kappa shape index (κ1) is 24.8. The summed E-state index contributed by atoms with van der Waals surface area (Å²) in [6.45, 7) is 3.61. The summed E-state index contributed by atoms with van der Waals surface area (Å²) in [7, 11) is -7.49. The molecule has 0 bridgehead atoms. The summed E-state index contributed by atoms with van der Waals surface area (Å²) in [4.78, 5) is 13.4. The third-order valence-corrected chi connectivity index (χ3v) is 8.01. The molecule has 0 aliphatic heterocycles. The van der Waals surface area contributed by atoms with Crippen molar-refractivity contribution in [3.05, 3.63) is 78.4 Å². The number of amides is 1. The lowest BCUT2D eigenvalue weighted by molar-refractivity contribution is -0.115. The molecule has 3 aromatic rings. The highest BCUT2D eigenvalue weighted by molar-refractivity contribution is 8.00. The molecular formula is C22H23N3O5S3. The first-order valence-corrected chi connectivity index (χ1v) is 13.6. The Kier molecular flexibility index (Phi) is 7.48. The SMILES string of the molecule is Cc1ccc(S(=O)(=O)Nc2ccc(SC(C)C(=O)Nc3ccc(S(N)(=O)=O)cc3)cc2)cc1. The summed E-state index contributed by atoms with van der Waals surface area (Å²) in [6, 6.07) is 18.8. The van der Waals surface area contributed by atoms with E-state index in [-0.39, 0.29) is 15.7 Å². The molecule has 11 heteroatoms. The van der Waals surface area contributed by atoms with Gasteiger partial charge in [-0.05, 0) is 74.5 Å². The molecule has 33 heavy (non-hydrogen) atoms. The standard InChI is InChI=1S/C22H23N3O5S3/c1-15-3-11-21(12-4-15)33(29,30)25-18-5-9-19(10-6-18)31-16(2)22(26)24-17-7-13-20(14-8-17)32(23,27)28/h3-14,16,25H,1-2H3,(H,24,26)(H2,23,27,28). The van der Waals surface area contributed by atoms with Crippen LogP contribution in [0, 0.1) is 6.92 Å². The number of nitrogens with one attached hydrogen (secondary N) is 2. The van der Waals surface area contributed by atoms with E-state index in [1.165, 1.54) is 36.0 Å². The molecule has 0 spiro atoms. The zero-order valence-corrected chi connectivity index (χ0v) is 20.3. The third-order valence-electron chi connectivity index (χ3n) is 4.57. The van der Waals surface area contributed by atoms with Gasteiger partial charge in [0.1, 0.15) is 0 Å². The Morgan fingerprint density at radius 1 is 0.818 bits per heavy atom. The molecule has 8 nitrogen and oxygen atoms in total. The Balaban J connectivity index is 1.59. The highest BCUT2D eigenvalue weighted by Crippen LogP contribution is 2.26. The predicted molar refractivity (Wildman–Crippen MR) is 130 cm³/mol. The van der Waals surface area contributed by atoms with Crippen LogP contribution < -0.4 is 15.2 Å². The molecule has 3 aromatic carbocycles. The second kappa shape index (κ2) is 9.96. The maximum atomic E-state index is 12.5. The van der Waals surface area contributed by atoms with E-state index < -0.39 is 25.3 Å². The number of carbonyl (C=O) groups excluding carboxylic acids is 1. The smallest absolute Gasteiger partial charge is 0.261 e. The molecule has 0 aliphatic carbocycles. The monoisotopic (exact) mass is 505 g/mol. The maximum Gasteiger partial charge on any atom is 0.261 e. The van der Waals surface area contributed by atoms with Crippen molar-refractivity contribution in [2.24, 2.45) is 5.14 Å².